The minimum atomic E-state index is -0.596. The van der Waals surface area contributed by atoms with E-state index in [9.17, 15) is 5.11 Å². The fraction of sp³-hybridized carbons (Fsp3) is 0.368. The van der Waals surface area contributed by atoms with E-state index in [0.717, 1.165) is 35.7 Å². The van der Waals surface area contributed by atoms with Crippen molar-refractivity contribution in [1.29, 1.82) is 0 Å². The number of rotatable bonds is 7. The van der Waals surface area contributed by atoms with Crippen LogP contribution < -0.4 is 10.6 Å². The smallest absolute Gasteiger partial charge is 0.191 e. The van der Waals surface area contributed by atoms with E-state index in [4.69, 9.17) is 0 Å². The lowest BCUT2D eigenvalue weighted by Crippen LogP contribution is -2.38. The number of guanidine groups is 1. The summed E-state index contributed by atoms with van der Waals surface area (Å²) in [6, 6.07) is 10.2. The molecular formula is C19H25N5OS. The molecule has 0 fully saturated rings. The van der Waals surface area contributed by atoms with Crippen LogP contribution in [0.4, 0.5) is 0 Å². The summed E-state index contributed by atoms with van der Waals surface area (Å²) in [6.07, 6.45) is 4.16. The van der Waals surface area contributed by atoms with Gasteiger partial charge in [-0.3, -0.25) is 9.67 Å². The Hall–Kier alpha value is -2.38. The minimum Gasteiger partial charge on any atom is -0.386 e. The van der Waals surface area contributed by atoms with Crippen LogP contribution in [0, 0.1) is 0 Å². The van der Waals surface area contributed by atoms with Gasteiger partial charge in [0, 0.05) is 35.9 Å². The van der Waals surface area contributed by atoms with Crippen LogP contribution in [0.2, 0.25) is 0 Å². The summed E-state index contributed by atoms with van der Waals surface area (Å²) in [5.74, 6) is 0.719. The standard InChI is InChI=1S/C19H25N5OS/c1-3-20-19(21-9-8-14-11-23-24(2)13-14)22-12-16(25)18-10-15-6-4-5-7-17(15)26-18/h4-7,10-11,13,16,25H,3,8-9,12H2,1-2H3,(H2,20,21,22). The molecule has 1 atom stereocenters. The van der Waals surface area contributed by atoms with E-state index in [1.54, 1.807) is 16.0 Å². The lowest BCUT2D eigenvalue weighted by atomic mass is 10.2. The van der Waals surface area contributed by atoms with Crippen molar-refractivity contribution in [1.82, 2.24) is 20.4 Å². The molecule has 3 aromatic rings. The molecule has 138 valence electrons. The first-order valence-corrected chi connectivity index (χ1v) is 9.63. The van der Waals surface area contributed by atoms with Gasteiger partial charge in [-0.25, -0.2) is 0 Å². The highest BCUT2D eigenvalue weighted by Gasteiger charge is 2.11. The number of thiophene rings is 1. The normalized spacial score (nSPS) is 13.1. The molecule has 0 spiro atoms. The Morgan fingerprint density at radius 2 is 2.19 bits per heavy atom. The van der Waals surface area contributed by atoms with E-state index >= 15 is 0 Å². The molecule has 0 aliphatic heterocycles. The van der Waals surface area contributed by atoms with Gasteiger partial charge in [-0.1, -0.05) is 18.2 Å². The van der Waals surface area contributed by atoms with Crippen LogP contribution in [-0.4, -0.2) is 40.5 Å². The number of aliphatic hydroxyl groups excluding tert-OH is 1. The highest BCUT2D eigenvalue weighted by molar-refractivity contribution is 7.19. The first kappa shape index (κ1) is 18.4. The van der Waals surface area contributed by atoms with Crippen molar-refractivity contribution in [2.75, 3.05) is 19.6 Å². The average molecular weight is 372 g/mol. The van der Waals surface area contributed by atoms with Gasteiger partial charge in [0.05, 0.1) is 12.7 Å². The molecule has 1 aromatic carbocycles. The van der Waals surface area contributed by atoms with Gasteiger partial charge in [0.2, 0.25) is 0 Å². The van der Waals surface area contributed by atoms with E-state index in [1.807, 2.05) is 44.6 Å². The van der Waals surface area contributed by atoms with E-state index in [0.29, 0.717) is 6.54 Å². The van der Waals surface area contributed by atoms with Gasteiger partial charge in [0.1, 0.15) is 6.10 Å². The number of nitrogens with zero attached hydrogens (tertiary/aromatic N) is 3. The molecular weight excluding hydrogens is 346 g/mol. The van der Waals surface area contributed by atoms with Crippen LogP contribution in [0.5, 0.6) is 0 Å². The summed E-state index contributed by atoms with van der Waals surface area (Å²) in [5.41, 5.74) is 1.18. The third kappa shape index (κ3) is 4.83. The van der Waals surface area contributed by atoms with Crippen molar-refractivity contribution in [2.45, 2.75) is 19.4 Å². The number of aromatic nitrogens is 2. The molecule has 0 saturated carbocycles. The van der Waals surface area contributed by atoms with Crippen molar-refractivity contribution >= 4 is 27.4 Å². The lowest BCUT2D eigenvalue weighted by molar-refractivity contribution is 0.191. The summed E-state index contributed by atoms with van der Waals surface area (Å²) >= 11 is 1.62. The molecule has 7 heteroatoms. The number of fused-ring (bicyclic) bond motifs is 1. The van der Waals surface area contributed by atoms with Crippen LogP contribution in [0.3, 0.4) is 0 Å². The van der Waals surface area contributed by atoms with Crippen LogP contribution in [0.1, 0.15) is 23.5 Å². The number of hydrogen-bond donors (Lipinski definition) is 3. The molecule has 0 amide bonds. The first-order chi connectivity index (χ1) is 12.7. The predicted octanol–water partition coefficient (Wildman–Crippen LogP) is 2.47. The highest BCUT2D eigenvalue weighted by Crippen LogP contribution is 2.29. The second kappa shape index (κ2) is 8.82. The molecule has 3 rings (SSSR count). The van der Waals surface area contributed by atoms with Crippen LogP contribution in [0.15, 0.2) is 47.7 Å². The summed E-state index contributed by atoms with van der Waals surface area (Å²) in [7, 11) is 1.91. The van der Waals surface area contributed by atoms with Crippen molar-refractivity contribution in [2.24, 2.45) is 12.0 Å². The van der Waals surface area contributed by atoms with Crippen LogP contribution in [-0.2, 0) is 13.5 Å². The molecule has 0 saturated heterocycles. The van der Waals surface area contributed by atoms with Crippen LogP contribution in [0.25, 0.3) is 10.1 Å². The summed E-state index contributed by atoms with van der Waals surface area (Å²) in [4.78, 5) is 5.47. The van der Waals surface area contributed by atoms with Gasteiger partial charge in [-0.2, -0.15) is 5.10 Å². The number of aliphatic hydroxyl groups is 1. The topological polar surface area (TPSA) is 74.5 Å². The molecule has 3 N–H and O–H groups in total. The molecule has 0 bridgehead atoms. The summed E-state index contributed by atoms with van der Waals surface area (Å²) < 4.78 is 2.99. The Labute approximate surface area is 157 Å². The third-order valence-corrected chi connectivity index (χ3v) is 5.22. The van der Waals surface area contributed by atoms with Crippen molar-refractivity contribution in [3.63, 3.8) is 0 Å². The van der Waals surface area contributed by atoms with Crippen molar-refractivity contribution in [3.05, 3.63) is 53.2 Å². The van der Waals surface area contributed by atoms with E-state index < -0.39 is 6.10 Å². The zero-order valence-electron chi connectivity index (χ0n) is 15.1. The van der Waals surface area contributed by atoms with Gasteiger partial charge in [-0.15, -0.1) is 11.3 Å². The maximum atomic E-state index is 10.5. The highest BCUT2D eigenvalue weighted by atomic mass is 32.1. The summed E-state index contributed by atoms with van der Waals surface area (Å²) in [6.45, 7) is 3.89. The van der Waals surface area contributed by atoms with Gasteiger partial charge in [0.25, 0.3) is 0 Å². The zero-order valence-corrected chi connectivity index (χ0v) is 16.0. The monoisotopic (exact) mass is 371 g/mol. The largest absolute Gasteiger partial charge is 0.386 e. The molecule has 26 heavy (non-hydrogen) atoms. The average Bonchev–Trinajstić information content (AvgIpc) is 3.25. The zero-order chi connectivity index (χ0) is 18.4. The first-order valence-electron chi connectivity index (χ1n) is 8.82. The maximum absolute atomic E-state index is 10.5. The maximum Gasteiger partial charge on any atom is 0.191 e. The molecule has 2 heterocycles. The summed E-state index contributed by atoms with van der Waals surface area (Å²) in [5, 5.41) is 22.3. The molecule has 1 unspecified atom stereocenters. The van der Waals surface area contributed by atoms with Crippen LogP contribution >= 0.6 is 11.3 Å². The third-order valence-electron chi connectivity index (χ3n) is 4.00. The fourth-order valence-corrected chi connectivity index (χ4v) is 3.74. The minimum absolute atomic E-state index is 0.328. The predicted molar refractivity (Wildman–Crippen MR) is 108 cm³/mol. The fourth-order valence-electron chi connectivity index (χ4n) is 2.70. The van der Waals surface area contributed by atoms with Gasteiger partial charge < -0.3 is 15.7 Å². The van der Waals surface area contributed by atoms with Gasteiger partial charge in [0.15, 0.2) is 5.96 Å². The van der Waals surface area contributed by atoms with Gasteiger partial charge >= 0.3 is 0 Å². The Balaban J connectivity index is 1.56. The molecule has 0 aliphatic rings. The molecule has 0 aliphatic carbocycles. The number of benzene rings is 1. The Kier molecular flexibility index (Phi) is 6.25. The number of nitrogens with one attached hydrogen (secondary N) is 2. The number of hydrogen-bond acceptors (Lipinski definition) is 4. The Morgan fingerprint density at radius 3 is 2.92 bits per heavy atom. The van der Waals surface area contributed by atoms with E-state index in [2.05, 4.69) is 32.9 Å². The number of aryl methyl sites for hydroxylation is 1. The second-order valence-electron chi connectivity index (χ2n) is 6.12. The Morgan fingerprint density at radius 1 is 1.35 bits per heavy atom. The Bertz CT molecular complexity index is 837. The van der Waals surface area contributed by atoms with E-state index in [1.165, 1.54) is 10.3 Å². The molecule has 0 radical (unpaired) electrons. The lowest BCUT2D eigenvalue weighted by Gasteiger charge is -2.12. The molecule has 2 aromatic heterocycles. The second-order valence-corrected chi connectivity index (χ2v) is 7.24. The van der Waals surface area contributed by atoms with Gasteiger partial charge in [-0.05, 0) is 36.4 Å². The quantitative estimate of drug-likeness (QED) is 0.441. The van der Waals surface area contributed by atoms with Crippen molar-refractivity contribution < 1.29 is 5.11 Å². The molecule has 6 nitrogen and oxygen atoms in total. The number of aliphatic imine (C=N–C) groups is 1. The van der Waals surface area contributed by atoms with Crippen molar-refractivity contribution in [3.8, 4) is 0 Å². The van der Waals surface area contributed by atoms with E-state index in [-0.39, 0.29) is 0 Å². The SMILES string of the molecule is CCNC(=NCC(O)c1cc2ccccc2s1)NCCc1cnn(C)c1.